The summed E-state index contributed by atoms with van der Waals surface area (Å²) in [5.74, 6) is -0.981. The highest BCUT2D eigenvalue weighted by Crippen LogP contribution is 2.36. The molecule has 4 rings (SSSR count). The average molecular weight is 571 g/mol. The molecule has 2 saturated heterocycles. The molecule has 40 heavy (non-hydrogen) atoms. The maximum absolute atomic E-state index is 13.1. The Bertz CT molecular complexity index is 1140. The Morgan fingerprint density at radius 2 is 1.73 bits per heavy atom. The smallest absolute Gasteiger partial charge is 0.490 e. The fourth-order valence-corrected chi connectivity index (χ4v) is 4.74. The van der Waals surface area contributed by atoms with Crippen molar-refractivity contribution in [1.29, 1.82) is 0 Å². The molecule has 2 amide bonds. The van der Waals surface area contributed by atoms with Crippen molar-refractivity contribution in [3.8, 4) is 5.75 Å². The van der Waals surface area contributed by atoms with Crippen LogP contribution in [0.2, 0.25) is 0 Å². The van der Waals surface area contributed by atoms with E-state index in [1.54, 1.807) is 49.4 Å². The van der Waals surface area contributed by atoms with Gasteiger partial charge in [-0.05, 0) is 43.0 Å². The van der Waals surface area contributed by atoms with Crippen molar-refractivity contribution in [2.45, 2.75) is 19.1 Å². The van der Waals surface area contributed by atoms with Gasteiger partial charge in [0.15, 0.2) is 11.9 Å². The SMILES string of the molecule is CCOCCNC(=O)C(c1ncn(C)n1)N1CC2CN(C(=O)c3ccc(OC)cc3)CC2C1.O=C(O)C(F)(F)F. The van der Waals surface area contributed by atoms with Gasteiger partial charge in [0, 0.05) is 51.9 Å². The normalized spacial score (nSPS) is 19.4. The van der Waals surface area contributed by atoms with Gasteiger partial charge in [-0.15, -0.1) is 0 Å². The lowest BCUT2D eigenvalue weighted by Gasteiger charge is -2.27. The largest absolute Gasteiger partial charge is 0.497 e. The first kappa shape index (κ1) is 30.8. The van der Waals surface area contributed by atoms with Crippen LogP contribution in [0.4, 0.5) is 13.2 Å². The highest BCUT2D eigenvalue weighted by Gasteiger charge is 2.46. The first-order valence-corrected chi connectivity index (χ1v) is 12.6. The molecule has 2 N–H and O–H groups in total. The number of aliphatic carboxylic acids is 1. The molecule has 0 aliphatic carbocycles. The van der Waals surface area contributed by atoms with Gasteiger partial charge in [0.1, 0.15) is 12.1 Å². The van der Waals surface area contributed by atoms with Crippen LogP contribution in [0.3, 0.4) is 0 Å². The van der Waals surface area contributed by atoms with E-state index in [0.717, 1.165) is 18.8 Å². The van der Waals surface area contributed by atoms with Crippen molar-refractivity contribution < 1.29 is 42.1 Å². The highest BCUT2D eigenvalue weighted by atomic mass is 19.4. The van der Waals surface area contributed by atoms with Crippen molar-refractivity contribution in [2.75, 3.05) is 53.0 Å². The van der Waals surface area contributed by atoms with E-state index in [9.17, 15) is 22.8 Å². The van der Waals surface area contributed by atoms with Crippen molar-refractivity contribution >= 4 is 17.8 Å². The first-order chi connectivity index (χ1) is 18.9. The number of aryl methyl sites for hydroxylation is 1. The number of ether oxygens (including phenoxy) is 2. The maximum atomic E-state index is 13.1. The summed E-state index contributed by atoms with van der Waals surface area (Å²) >= 11 is 0. The number of carboxylic acid groups (broad SMARTS) is 1. The van der Waals surface area contributed by atoms with Gasteiger partial charge < -0.3 is 24.8 Å². The number of likely N-dealkylation sites (tertiary alicyclic amines) is 2. The van der Waals surface area contributed by atoms with E-state index in [4.69, 9.17) is 19.4 Å². The van der Waals surface area contributed by atoms with E-state index in [1.165, 1.54) is 0 Å². The van der Waals surface area contributed by atoms with Gasteiger partial charge in [-0.1, -0.05) is 0 Å². The summed E-state index contributed by atoms with van der Waals surface area (Å²) in [6.45, 7) is 6.26. The second-order valence-corrected chi connectivity index (χ2v) is 9.38. The number of nitrogens with zero attached hydrogens (tertiary/aromatic N) is 5. The zero-order valence-electron chi connectivity index (χ0n) is 22.4. The molecule has 3 unspecified atom stereocenters. The Morgan fingerprint density at radius 1 is 1.12 bits per heavy atom. The third-order valence-electron chi connectivity index (χ3n) is 6.61. The minimum atomic E-state index is -5.08. The van der Waals surface area contributed by atoms with Crippen LogP contribution in [0.15, 0.2) is 30.6 Å². The highest BCUT2D eigenvalue weighted by molar-refractivity contribution is 5.94. The Labute approximate surface area is 229 Å². The quantitative estimate of drug-likeness (QED) is 0.428. The number of carbonyl (C=O) groups excluding carboxylic acids is 2. The molecule has 0 saturated carbocycles. The van der Waals surface area contributed by atoms with E-state index in [2.05, 4.69) is 20.3 Å². The molecule has 2 aliphatic rings. The Hall–Kier alpha value is -3.72. The fraction of sp³-hybridized carbons (Fsp3) is 0.560. The van der Waals surface area contributed by atoms with Crippen LogP contribution < -0.4 is 10.1 Å². The Balaban J connectivity index is 0.000000559. The van der Waals surface area contributed by atoms with Crippen LogP contribution in [0.25, 0.3) is 0 Å². The number of rotatable bonds is 9. The summed E-state index contributed by atoms with van der Waals surface area (Å²) in [5.41, 5.74) is 0.664. The second kappa shape index (κ2) is 13.6. The van der Waals surface area contributed by atoms with Crippen molar-refractivity contribution in [3.05, 3.63) is 42.0 Å². The number of nitrogens with one attached hydrogen (secondary N) is 1. The average Bonchev–Trinajstić information content (AvgIpc) is 3.62. The maximum Gasteiger partial charge on any atom is 0.490 e. The number of carboxylic acids is 1. The zero-order chi connectivity index (χ0) is 29.4. The van der Waals surface area contributed by atoms with Gasteiger partial charge in [-0.3, -0.25) is 19.2 Å². The van der Waals surface area contributed by atoms with Crippen LogP contribution in [-0.4, -0.2) is 107 Å². The molecule has 3 atom stereocenters. The van der Waals surface area contributed by atoms with Gasteiger partial charge in [0.05, 0.1) is 13.7 Å². The van der Waals surface area contributed by atoms with E-state index in [1.807, 2.05) is 11.8 Å². The van der Waals surface area contributed by atoms with Crippen molar-refractivity contribution in [3.63, 3.8) is 0 Å². The van der Waals surface area contributed by atoms with Crippen LogP contribution in [0.5, 0.6) is 5.75 Å². The summed E-state index contributed by atoms with van der Waals surface area (Å²) in [4.78, 5) is 43.4. The number of carbonyl (C=O) groups is 3. The lowest BCUT2D eigenvalue weighted by molar-refractivity contribution is -0.192. The summed E-state index contributed by atoms with van der Waals surface area (Å²) in [6, 6.07) is 6.67. The first-order valence-electron chi connectivity index (χ1n) is 12.6. The predicted octanol–water partition coefficient (Wildman–Crippen LogP) is 1.35. The van der Waals surface area contributed by atoms with Gasteiger partial charge in [-0.2, -0.15) is 18.3 Å². The number of aromatic nitrogens is 3. The summed E-state index contributed by atoms with van der Waals surface area (Å²) in [7, 11) is 3.40. The van der Waals surface area contributed by atoms with Gasteiger partial charge in [0.2, 0.25) is 5.91 Å². The van der Waals surface area contributed by atoms with E-state index < -0.39 is 18.2 Å². The molecule has 220 valence electrons. The topological polar surface area (TPSA) is 139 Å². The third-order valence-corrected chi connectivity index (χ3v) is 6.61. The standard InChI is InChI=1S/C23H32N6O4.C2HF3O2/c1-4-33-10-9-24-22(30)20(21-25-15-27(2)26-21)28-11-17-13-29(14-18(17)12-28)23(31)16-5-7-19(32-3)8-6-16;3-2(4,5)1(6)7/h5-8,15,17-18,20H,4,9-14H2,1-3H3,(H,24,30);(H,6,7). The fourth-order valence-electron chi connectivity index (χ4n) is 4.74. The number of halogens is 3. The molecule has 2 aliphatic heterocycles. The molecule has 0 spiro atoms. The number of alkyl halides is 3. The number of amides is 2. The number of methoxy groups -OCH3 is 1. The summed E-state index contributed by atoms with van der Waals surface area (Å²) in [6.07, 6.45) is -3.47. The molecule has 0 radical (unpaired) electrons. The Morgan fingerprint density at radius 3 is 2.20 bits per heavy atom. The van der Waals surface area contributed by atoms with E-state index in [0.29, 0.717) is 56.1 Å². The van der Waals surface area contributed by atoms with Gasteiger partial charge in [0.25, 0.3) is 5.91 Å². The molecule has 3 heterocycles. The van der Waals surface area contributed by atoms with Gasteiger partial charge >= 0.3 is 12.1 Å². The van der Waals surface area contributed by atoms with E-state index in [-0.39, 0.29) is 11.8 Å². The number of benzene rings is 1. The Kier molecular flexibility index (Phi) is 10.5. The molecule has 1 aromatic heterocycles. The van der Waals surface area contributed by atoms with Crippen LogP contribution in [-0.2, 0) is 21.4 Å². The molecular weight excluding hydrogens is 537 g/mol. The molecule has 2 aromatic rings. The van der Waals surface area contributed by atoms with Crippen LogP contribution in [0.1, 0.15) is 29.1 Å². The lowest BCUT2D eigenvalue weighted by atomic mass is 10.0. The molecule has 0 bridgehead atoms. The second-order valence-electron chi connectivity index (χ2n) is 9.38. The van der Waals surface area contributed by atoms with Crippen molar-refractivity contribution in [2.24, 2.45) is 18.9 Å². The lowest BCUT2D eigenvalue weighted by Crippen LogP contribution is -2.43. The predicted molar refractivity (Wildman–Crippen MR) is 134 cm³/mol. The minimum absolute atomic E-state index is 0.0372. The van der Waals surface area contributed by atoms with Crippen molar-refractivity contribution in [1.82, 2.24) is 29.9 Å². The van der Waals surface area contributed by atoms with E-state index >= 15 is 0 Å². The zero-order valence-corrected chi connectivity index (χ0v) is 22.4. The molecular formula is C25H33F3N6O6. The molecule has 12 nitrogen and oxygen atoms in total. The summed E-state index contributed by atoms with van der Waals surface area (Å²) in [5, 5.41) is 14.5. The third kappa shape index (κ3) is 7.91. The monoisotopic (exact) mass is 570 g/mol. The number of hydrogen-bond acceptors (Lipinski definition) is 8. The molecule has 15 heteroatoms. The molecule has 1 aromatic carbocycles. The molecule has 2 fully saturated rings. The number of fused-ring (bicyclic) bond motifs is 1. The minimum Gasteiger partial charge on any atom is -0.497 e. The number of hydrogen-bond donors (Lipinski definition) is 2. The summed E-state index contributed by atoms with van der Waals surface area (Å²) < 4.78 is 43.9. The van der Waals surface area contributed by atoms with Crippen LogP contribution in [0, 0.1) is 11.8 Å². The van der Waals surface area contributed by atoms with Crippen LogP contribution >= 0.6 is 0 Å². The van der Waals surface area contributed by atoms with Gasteiger partial charge in [-0.25, -0.2) is 9.78 Å².